The van der Waals surface area contributed by atoms with Gasteiger partial charge in [-0.15, -0.1) is 0 Å². The number of rotatable bonds is 11. The molecule has 0 saturated carbocycles. The summed E-state index contributed by atoms with van der Waals surface area (Å²) in [5.41, 5.74) is 10.6. The summed E-state index contributed by atoms with van der Waals surface area (Å²) >= 11 is 19.5. The first-order chi connectivity index (χ1) is 41.4. The second kappa shape index (κ2) is 35.7. The first kappa shape index (κ1) is 74.2. The minimum absolute atomic E-state index is 0. The number of nitrogens with two attached hydrogens (primary N) is 1. The lowest BCUT2D eigenvalue weighted by Crippen LogP contribution is -2.27. The summed E-state index contributed by atoms with van der Waals surface area (Å²) in [4.78, 5) is 76.5. The minimum atomic E-state index is -0.729. The van der Waals surface area contributed by atoms with E-state index in [0.717, 1.165) is 22.3 Å². The van der Waals surface area contributed by atoms with Gasteiger partial charge in [-0.25, -0.2) is 24.4 Å². The monoisotopic (exact) mass is 1340 g/mol. The molecule has 469 valence electrons. The molecule has 2 aromatic heterocycles. The number of hydrogen-bond donors (Lipinski definition) is 6. The van der Waals surface area contributed by atoms with Crippen LogP contribution in [0.1, 0.15) is 91.9 Å². The normalized spacial score (nSPS) is 10.4. The van der Waals surface area contributed by atoms with Crippen LogP contribution in [0.4, 0.5) is 48.5 Å². The number of carbonyl (C=O) groups excluding carboxylic acids is 5. The Morgan fingerprint density at radius 3 is 1.38 bits per heavy atom. The number of ether oxygens (including phenoxy) is 3. The maximum Gasteiger partial charge on any atom is 0.569 e. The number of para-hydroxylation sites is 1. The lowest BCUT2D eigenvalue weighted by Gasteiger charge is -2.21. The molecule has 0 saturated heterocycles. The van der Waals surface area contributed by atoms with Crippen LogP contribution in [-0.4, -0.2) is 73.8 Å². The van der Waals surface area contributed by atoms with Crippen molar-refractivity contribution in [2.45, 2.75) is 86.5 Å². The summed E-state index contributed by atoms with van der Waals surface area (Å²) in [6.45, 7) is 15.9. The molecule has 0 spiro atoms. The van der Waals surface area contributed by atoms with Gasteiger partial charge in [-0.3, -0.25) is 35.7 Å². The predicted molar refractivity (Wildman–Crippen MR) is 359 cm³/mol. The summed E-state index contributed by atoms with van der Waals surface area (Å²) in [5.74, 6) is 0.261. The van der Waals surface area contributed by atoms with Gasteiger partial charge in [0.1, 0.15) is 32.8 Å². The van der Waals surface area contributed by atoms with Crippen molar-refractivity contribution in [3.8, 4) is 28.0 Å². The Hall–Kier alpha value is -9.06. The highest BCUT2D eigenvalue weighted by atomic mass is 79.9. The van der Waals surface area contributed by atoms with Crippen LogP contribution < -0.4 is 31.7 Å². The predicted octanol–water partition coefficient (Wildman–Crippen LogP) is 17.6. The van der Waals surface area contributed by atoms with E-state index < -0.39 is 45.2 Å². The van der Waals surface area contributed by atoms with E-state index in [1.807, 2.05) is 118 Å². The molecule has 0 atom stereocenters. The van der Waals surface area contributed by atoms with Crippen molar-refractivity contribution in [1.29, 1.82) is 0 Å². The van der Waals surface area contributed by atoms with Crippen molar-refractivity contribution in [2.24, 2.45) is 0 Å². The molecular weight excluding hydrogens is 1270 g/mol. The van der Waals surface area contributed by atoms with Crippen molar-refractivity contribution >= 4 is 122 Å². The average Bonchev–Trinajstić information content (AvgIpc) is 1.03. The van der Waals surface area contributed by atoms with E-state index >= 15 is 0 Å². The first-order valence-electron chi connectivity index (χ1n) is 26.4. The Morgan fingerprint density at radius 1 is 0.551 bits per heavy atom. The molecule has 0 unspecified atom stereocenters. The fourth-order valence-corrected chi connectivity index (χ4v) is 7.50. The van der Waals surface area contributed by atoms with E-state index in [2.05, 4.69) is 51.8 Å². The number of nitrogens with one attached hydrogen (secondary N) is 4. The molecule has 8 rings (SSSR count). The molecule has 6 aromatic carbocycles. The summed E-state index contributed by atoms with van der Waals surface area (Å²) < 4.78 is 20.8. The van der Waals surface area contributed by atoms with Crippen LogP contribution >= 0.6 is 50.7 Å². The topological polar surface area (TPSA) is 286 Å². The van der Waals surface area contributed by atoms with Crippen molar-refractivity contribution in [2.75, 3.05) is 27.0 Å². The lowest BCUT2D eigenvalue weighted by atomic mass is 10.0. The van der Waals surface area contributed by atoms with Gasteiger partial charge < -0.3 is 34.9 Å². The van der Waals surface area contributed by atoms with E-state index in [-0.39, 0.29) is 26.1 Å². The van der Waals surface area contributed by atoms with Crippen LogP contribution in [0, 0.1) is 10.1 Å². The average molecular weight is 1340 g/mol. The van der Waals surface area contributed by atoms with Gasteiger partial charge in [0.25, 0.3) is 16.8 Å². The molecule has 0 aliphatic heterocycles. The minimum Gasteiger partial charge on any atom is -0.537 e. The highest BCUT2D eigenvalue weighted by Crippen LogP contribution is 2.32. The van der Waals surface area contributed by atoms with Gasteiger partial charge in [-0.1, -0.05) is 138 Å². The third-order valence-corrected chi connectivity index (χ3v) is 11.6. The number of nitrogen functional groups attached to an aromatic ring is 1. The number of benzene rings is 6. The van der Waals surface area contributed by atoms with Gasteiger partial charge in [0, 0.05) is 24.4 Å². The van der Waals surface area contributed by atoms with E-state index in [4.69, 9.17) is 59.8 Å². The Labute approximate surface area is 542 Å². The van der Waals surface area contributed by atoms with Crippen LogP contribution in [0.15, 0.2) is 187 Å². The van der Waals surface area contributed by atoms with Gasteiger partial charge in [0.2, 0.25) is 0 Å². The number of amides is 4. The summed E-state index contributed by atoms with van der Waals surface area (Å²) in [6, 6.07) is 50.1. The number of nitro groups is 1. The molecule has 0 aliphatic rings. The Balaban J connectivity index is 0.000000406. The number of nitro benzene ring substituents is 1. The molecule has 1 radical (unpaired) electrons. The molecule has 0 bridgehead atoms. The van der Waals surface area contributed by atoms with Crippen LogP contribution in [0.25, 0.3) is 22.3 Å². The van der Waals surface area contributed by atoms with Crippen molar-refractivity contribution in [1.82, 2.24) is 9.97 Å². The fraction of sp³-hybridized carbons (Fsp3) is 0.203. The summed E-state index contributed by atoms with van der Waals surface area (Å²) in [6.07, 6.45) is 0.866. The van der Waals surface area contributed by atoms with Gasteiger partial charge in [-0.05, 0) is 169 Å². The molecule has 0 fully saturated rings. The third-order valence-electron chi connectivity index (χ3n) is 10.5. The van der Waals surface area contributed by atoms with Gasteiger partial charge >= 0.3 is 26.0 Å². The number of anilines is 5. The molecule has 8 aromatic rings. The zero-order valence-electron chi connectivity index (χ0n) is 49.3. The molecule has 0 aliphatic carbocycles. The zero-order valence-corrected chi connectivity index (χ0v) is 53.1. The van der Waals surface area contributed by atoms with Crippen molar-refractivity contribution in [3.63, 3.8) is 0 Å². The first-order valence-corrected chi connectivity index (χ1v) is 28.3. The maximum absolute atomic E-state index is 12.7. The fourth-order valence-electron chi connectivity index (χ4n) is 6.81. The van der Waals surface area contributed by atoms with Gasteiger partial charge in [0.05, 0.1) is 44.5 Å². The molecular formula is C64H70BBrCl3N8O12. The molecule has 2 heterocycles. The van der Waals surface area contributed by atoms with E-state index in [9.17, 15) is 34.1 Å². The van der Waals surface area contributed by atoms with E-state index in [0.29, 0.717) is 62.1 Å². The smallest absolute Gasteiger partial charge is 0.537 e. The Kier molecular flexibility index (Phi) is 29.7. The maximum atomic E-state index is 12.7. The number of hydrogen-bond acceptors (Lipinski definition) is 15. The van der Waals surface area contributed by atoms with Crippen LogP contribution in [0.3, 0.4) is 0 Å². The Bertz CT molecular complexity index is 3610. The number of nitrogens with zero attached hydrogens (tertiary/aromatic N) is 3. The van der Waals surface area contributed by atoms with Crippen LogP contribution in [0.2, 0.25) is 10.3 Å². The zero-order chi connectivity index (χ0) is 65.2. The van der Waals surface area contributed by atoms with Crippen molar-refractivity contribution in [3.05, 3.63) is 218 Å². The largest absolute Gasteiger partial charge is 0.569 e. The molecule has 4 amide bonds. The highest BCUT2D eigenvalue weighted by molar-refractivity contribution is 9.10. The standard InChI is InChI=1S/C23H22ClN3O3.C17H20N2O2.C11H13BrN2O4.C6H6BO2.C6H3Cl2NO.CH4.H2/c1-23(2,3)30-22(29)27-18-11-9-16(15-7-5-4-6-8-15)13-19(18)26-21(28)17-10-12-20(24)25-14-17;1-17(2,3)21-16(20)19-15-10-9-13(11-14(15)18)12-7-5-4-6-8-12;1-11(2,3)18-10(15)13-8-5-4-7(12)6-9(8)14(16)17;8-7-9-6-4-2-1-3-5-6;7-5-2-1-4(3-9-5)6(8)10;;/h4-14H,1-3H3,(H,26,28)(H,27,29);4-11H,18H2,1-3H3,(H,19,20);4-6H,1-3H3,(H,13,15);1-5,8H;1-3H;1H4;1H/i;;;;;;1+1. The molecule has 7 N–H and O–H groups in total. The molecule has 25 heteroatoms. The number of carbonyl (C=O) groups is 5. The van der Waals surface area contributed by atoms with Crippen molar-refractivity contribution < 1.29 is 54.2 Å². The van der Waals surface area contributed by atoms with Gasteiger partial charge in [-0.2, -0.15) is 0 Å². The van der Waals surface area contributed by atoms with E-state index in [1.54, 1.807) is 84.0 Å². The third kappa shape index (κ3) is 28.6. The molecule has 20 nitrogen and oxygen atoms in total. The highest BCUT2D eigenvalue weighted by Gasteiger charge is 2.22. The number of halogens is 4. The quantitative estimate of drug-likeness (QED) is 0.0133. The summed E-state index contributed by atoms with van der Waals surface area (Å²) in [5, 5.41) is 29.7. The van der Waals surface area contributed by atoms with E-state index in [1.165, 1.54) is 42.7 Å². The lowest BCUT2D eigenvalue weighted by molar-refractivity contribution is -0.384. The number of aromatic nitrogens is 2. The van der Waals surface area contributed by atoms with Crippen LogP contribution in [-0.2, 0) is 14.2 Å². The Morgan fingerprint density at radius 2 is 0.966 bits per heavy atom. The summed E-state index contributed by atoms with van der Waals surface area (Å²) in [7, 11) is 0.662. The SMILES string of the molecule is C.CC(C)(C)OC(=O)Nc1ccc(-c2ccccc2)cc1N.CC(C)(C)OC(=O)Nc1ccc(-c2ccccc2)cc1NC(=O)c1ccc(Cl)nc1.CC(C)(C)OC(=O)Nc1ccc(Br)cc1[N+](=O)[O-].O=C(Cl)c1ccc(Cl)nc1.O[B]Oc1ccccc1.[2HH]. The van der Waals surface area contributed by atoms with Crippen LogP contribution in [0.5, 0.6) is 5.75 Å². The second-order valence-corrected chi connectivity index (χ2v) is 23.1. The van der Waals surface area contributed by atoms with Gasteiger partial charge in [0.15, 0.2) is 0 Å². The second-order valence-electron chi connectivity index (χ2n) is 21.1. The molecule has 89 heavy (non-hydrogen) atoms. The number of pyridine rings is 2.